The van der Waals surface area contributed by atoms with Crippen molar-refractivity contribution < 1.29 is 19.5 Å². The number of amides is 2. The second kappa shape index (κ2) is 5.78. The Morgan fingerprint density at radius 3 is 2.76 bits per heavy atom. The largest absolute Gasteiger partial charge is 0.478 e. The first-order chi connectivity index (χ1) is 9.88. The molecule has 21 heavy (non-hydrogen) atoms. The first-order valence-electron chi connectivity index (χ1n) is 6.50. The van der Waals surface area contributed by atoms with Gasteiger partial charge in [0.15, 0.2) is 0 Å². The Morgan fingerprint density at radius 2 is 2.14 bits per heavy atom. The maximum atomic E-state index is 11.7. The maximum Gasteiger partial charge on any atom is 0.328 e. The zero-order valence-corrected chi connectivity index (χ0v) is 11.8. The fraction of sp³-hybridized carbons (Fsp3) is 0.267. The van der Waals surface area contributed by atoms with Crippen LogP contribution in [0, 0.1) is 6.92 Å². The van der Waals surface area contributed by atoms with Crippen LogP contribution in [0.5, 0.6) is 0 Å². The van der Waals surface area contributed by atoms with Crippen LogP contribution in [-0.2, 0) is 14.4 Å². The van der Waals surface area contributed by atoms with Gasteiger partial charge in [0.05, 0.1) is 6.54 Å². The molecule has 1 heterocycles. The van der Waals surface area contributed by atoms with Gasteiger partial charge in [-0.2, -0.15) is 0 Å². The molecule has 1 aliphatic heterocycles. The highest BCUT2D eigenvalue weighted by Gasteiger charge is 2.30. The molecule has 1 unspecified atom stereocenters. The van der Waals surface area contributed by atoms with Gasteiger partial charge in [-0.25, -0.2) is 4.79 Å². The van der Waals surface area contributed by atoms with Crippen molar-refractivity contribution in [1.29, 1.82) is 0 Å². The van der Waals surface area contributed by atoms with Crippen LogP contribution >= 0.6 is 0 Å². The number of anilines is 1. The monoisotopic (exact) mass is 288 g/mol. The highest BCUT2D eigenvalue weighted by atomic mass is 16.4. The number of nitrogens with zero attached hydrogens (tertiary/aromatic N) is 1. The minimum Gasteiger partial charge on any atom is -0.478 e. The van der Waals surface area contributed by atoms with Crippen LogP contribution in [0.15, 0.2) is 24.3 Å². The molecule has 0 saturated carbocycles. The van der Waals surface area contributed by atoms with Gasteiger partial charge < -0.3 is 10.0 Å². The second-order valence-electron chi connectivity index (χ2n) is 4.93. The van der Waals surface area contributed by atoms with E-state index in [1.54, 1.807) is 24.0 Å². The Balaban J connectivity index is 2.30. The van der Waals surface area contributed by atoms with Crippen molar-refractivity contribution >= 4 is 29.5 Å². The molecule has 1 fully saturated rings. The molecule has 0 aliphatic carbocycles. The molecule has 0 radical (unpaired) electrons. The summed E-state index contributed by atoms with van der Waals surface area (Å²) in [6, 6.07) is 4.94. The lowest BCUT2D eigenvalue weighted by molar-refractivity contribution is -0.133. The van der Waals surface area contributed by atoms with E-state index < -0.39 is 12.0 Å². The Labute approximate surface area is 122 Å². The van der Waals surface area contributed by atoms with E-state index in [4.69, 9.17) is 5.11 Å². The summed E-state index contributed by atoms with van der Waals surface area (Å²) in [6.07, 6.45) is 2.56. The van der Waals surface area contributed by atoms with Crippen LogP contribution in [0.2, 0.25) is 0 Å². The number of carbonyl (C=O) groups is 3. The summed E-state index contributed by atoms with van der Waals surface area (Å²) in [5, 5.41) is 10.9. The Bertz CT molecular complexity index is 637. The summed E-state index contributed by atoms with van der Waals surface area (Å²) < 4.78 is 0. The van der Waals surface area contributed by atoms with Crippen molar-refractivity contribution in [1.82, 2.24) is 5.32 Å². The van der Waals surface area contributed by atoms with Crippen LogP contribution in [0.3, 0.4) is 0 Å². The molecule has 2 amide bonds. The summed E-state index contributed by atoms with van der Waals surface area (Å²) >= 11 is 0. The number of benzene rings is 1. The third-order valence-electron chi connectivity index (χ3n) is 3.37. The number of hydrogen-bond acceptors (Lipinski definition) is 4. The van der Waals surface area contributed by atoms with E-state index in [2.05, 4.69) is 5.32 Å². The molecule has 1 aromatic rings. The summed E-state index contributed by atoms with van der Waals surface area (Å²) in [6.45, 7) is 3.72. The van der Waals surface area contributed by atoms with Gasteiger partial charge in [-0.1, -0.05) is 6.07 Å². The lowest BCUT2D eigenvalue weighted by Gasteiger charge is -2.34. The maximum absolute atomic E-state index is 11.7. The normalized spacial score (nSPS) is 19.0. The molecule has 6 heteroatoms. The van der Waals surface area contributed by atoms with Crippen LogP contribution in [0.4, 0.5) is 5.69 Å². The zero-order chi connectivity index (χ0) is 15.6. The van der Waals surface area contributed by atoms with Gasteiger partial charge in [-0.15, -0.1) is 0 Å². The van der Waals surface area contributed by atoms with Gasteiger partial charge in [0.25, 0.3) is 0 Å². The number of rotatable bonds is 3. The zero-order valence-electron chi connectivity index (χ0n) is 11.8. The molecule has 0 spiro atoms. The lowest BCUT2D eigenvalue weighted by atomic mass is 10.1. The molecule has 2 rings (SSSR count). The molecule has 1 atom stereocenters. The predicted octanol–water partition coefficient (Wildman–Crippen LogP) is 0.944. The number of carboxylic acids is 1. The number of piperazine rings is 1. The first-order valence-corrected chi connectivity index (χ1v) is 6.50. The van der Waals surface area contributed by atoms with E-state index >= 15 is 0 Å². The van der Waals surface area contributed by atoms with Crippen molar-refractivity contribution in [2.75, 3.05) is 11.4 Å². The van der Waals surface area contributed by atoms with Gasteiger partial charge >= 0.3 is 5.97 Å². The Hall–Kier alpha value is -2.63. The standard InChI is InChI=1S/C15H16N2O4/c1-9-7-11(4-6-14(19)20)3-5-12(9)17-8-13(18)16-15(21)10(17)2/h3-7,10H,8H2,1-2H3,(H,19,20)(H,16,18,21). The van der Waals surface area contributed by atoms with Crippen LogP contribution in [-0.4, -0.2) is 35.5 Å². The third-order valence-corrected chi connectivity index (χ3v) is 3.37. The van der Waals surface area contributed by atoms with Crippen LogP contribution in [0.25, 0.3) is 6.08 Å². The average Bonchev–Trinajstić information content (AvgIpc) is 2.41. The van der Waals surface area contributed by atoms with Crippen molar-refractivity contribution in [3.05, 3.63) is 35.4 Å². The number of aliphatic carboxylic acids is 1. The number of carboxylic acid groups (broad SMARTS) is 1. The molecule has 1 saturated heterocycles. The molecular weight excluding hydrogens is 272 g/mol. The summed E-state index contributed by atoms with van der Waals surface area (Å²) in [4.78, 5) is 35.4. The van der Waals surface area contributed by atoms with E-state index in [9.17, 15) is 14.4 Å². The van der Waals surface area contributed by atoms with Crippen molar-refractivity contribution in [3.8, 4) is 0 Å². The van der Waals surface area contributed by atoms with Gasteiger partial charge in [0.2, 0.25) is 11.8 Å². The average molecular weight is 288 g/mol. The van der Waals surface area contributed by atoms with E-state index in [-0.39, 0.29) is 18.4 Å². The minimum atomic E-state index is -1.01. The molecule has 6 nitrogen and oxygen atoms in total. The molecular formula is C15H16N2O4. The predicted molar refractivity (Wildman–Crippen MR) is 77.8 cm³/mol. The number of imide groups is 1. The summed E-state index contributed by atoms with van der Waals surface area (Å²) in [5.74, 6) is -1.66. The van der Waals surface area contributed by atoms with E-state index in [1.807, 2.05) is 13.0 Å². The number of carbonyl (C=O) groups excluding carboxylic acids is 2. The number of nitrogens with one attached hydrogen (secondary N) is 1. The van der Waals surface area contributed by atoms with Crippen molar-refractivity contribution in [2.24, 2.45) is 0 Å². The fourth-order valence-electron chi connectivity index (χ4n) is 2.28. The van der Waals surface area contributed by atoms with Crippen LogP contribution in [0.1, 0.15) is 18.1 Å². The molecule has 110 valence electrons. The smallest absolute Gasteiger partial charge is 0.328 e. The quantitative estimate of drug-likeness (QED) is 0.638. The van der Waals surface area contributed by atoms with E-state index in [0.29, 0.717) is 0 Å². The molecule has 2 N–H and O–H groups in total. The number of aryl methyl sites for hydroxylation is 1. The van der Waals surface area contributed by atoms with Gasteiger partial charge in [0.1, 0.15) is 6.04 Å². The SMILES string of the molecule is Cc1cc(C=CC(=O)O)ccc1N1CC(=O)NC(=O)C1C. The lowest BCUT2D eigenvalue weighted by Crippen LogP contribution is -2.57. The molecule has 1 aromatic carbocycles. The second-order valence-corrected chi connectivity index (χ2v) is 4.93. The van der Waals surface area contributed by atoms with E-state index in [0.717, 1.165) is 22.9 Å². The minimum absolute atomic E-state index is 0.123. The van der Waals surface area contributed by atoms with Gasteiger partial charge in [-0.3, -0.25) is 14.9 Å². The molecule has 0 aromatic heterocycles. The number of hydrogen-bond donors (Lipinski definition) is 2. The van der Waals surface area contributed by atoms with Gasteiger partial charge in [-0.05, 0) is 43.2 Å². The Kier molecular flexibility index (Phi) is 4.07. The first kappa shape index (κ1) is 14.8. The Morgan fingerprint density at radius 1 is 1.43 bits per heavy atom. The fourth-order valence-corrected chi connectivity index (χ4v) is 2.28. The molecule has 1 aliphatic rings. The van der Waals surface area contributed by atoms with Gasteiger partial charge in [0, 0.05) is 11.8 Å². The van der Waals surface area contributed by atoms with E-state index in [1.165, 1.54) is 6.08 Å². The summed E-state index contributed by atoms with van der Waals surface area (Å²) in [7, 11) is 0. The van der Waals surface area contributed by atoms with Crippen LogP contribution < -0.4 is 10.2 Å². The highest BCUT2D eigenvalue weighted by Crippen LogP contribution is 2.25. The third kappa shape index (κ3) is 3.28. The van der Waals surface area contributed by atoms with Crippen molar-refractivity contribution in [3.63, 3.8) is 0 Å². The summed E-state index contributed by atoms with van der Waals surface area (Å²) in [5.41, 5.74) is 2.41. The highest BCUT2D eigenvalue weighted by molar-refractivity contribution is 6.04. The topological polar surface area (TPSA) is 86.7 Å². The molecule has 0 bridgehead atoms. The van der Waals surface area contributed by atoms with Crippen molar-refractivity contribution in [2.45, 2.75) is 19.9 Å².